The topological polar surface area (TPSA) is 107 Å². The van der Waals surface area contributed by atoms with Crippen LogP contribution in [0.4, 0.5) is 0 Å². The Morgan fingerprint density at radius 2 is 1.85 bits per heavy atom. The molecule has 0 unspecified atom stereocenters. The fourth-order valence-corrected chi connectivity index (χ4v) is 2.49. The molecule has 9 heteroatoms. The van der Waals surface area contributed by atoms with Gasteiger partial charge in [-0.15, -0.1) is 10.2 Å². The Labute approximate surface area is 155 Å². The summed E-state index contributed by atoms with van der Waals surface area (Å²) >= 11 is 0. The Morgan fingerprint density at radius 1 is 1.04 bits per heavy atom. The van der Waals surface area contributed by atoms with Crippen molar-refractivity contribution in [3.8, 4) is 11.5 Å². The van der Waals surface area contributed by atoms with Crippen molar-refractivity contribution in [1.82, 2.24) is 25.2 Å². The number of fused-ring (bicyclic) bond motifs is 1. The van der Waals surface area contributed by atoms with Gasteiger partial charge in [-0.2, -0.15) is 0 Å². The largest absolute Gasteiger partial charge is 0.493 e. The summed E-state index contributed by atoms with van der Waals surface area (Å²) in [6.07, 6.45) is 1.82. The summed E-state index contributed by atoms with van der Waals surface area (Å²) in [6, 6.07) is 10.3. The molecule has 2 N–H and O–H groups in total. The predicted octanol–water partition coefficient (Wildman–Crippen LogP) is 0.793. The first-order valence-electron chi connectivity index (χ1n) is 8.18. The van der Waals surface area contributed by atoms with Gasteiger partial charge in [0, 0.05) is 11.8 Å². The van der Waals surface area contributed by atoms with Crippen molar-refractivity contribution in [1.29, 1.82) is 0 Å². The van der Waals surface area contributed by atoms with E-state index >= 15 is 0 Å². The van der Waals surface area contributed by atoms with Crippen LogP contribution in [0.2, 0.25) is 0 Å². The Kier molecular flexibility index (Phi) is 5.50. The molecule has 3 aromatic rings. The zero-order valence-corrected chi connectivity index (χ0v) is 14.9. The molecule has 2 amide bonds. The lowest BCUT2D eigenvalue weighted by Gasteiger charge is -2.10. The zero-order valence-electron chi connectivity index (χ0n) is 14.9. The SMILES string of the molecule is COc1ccc(C(=O)NCC(=O)NCc2nnc3ccccn23)cc1OC. The molecule has 0 aliphatic carbocycles. The summed E-state index contributed by atoms with van der Waals surface area (Å²) in [6.45, 7) is 0.0418. The van der Waals surface area contributed by atoms with E-state index in [2.05, 4.69) is 20.8 Å². The maximum Gasteiger partial charge on any atom is 0.251 e. The molecule has 0 aliphatic heterocycles. The molecule has 2 heterocycles. The van der Waals surface area contributed by atoms with Crippen LogP contribution in [0, 0.1) is 0 Å². The van der Waals surface area contributed by atoms with E-state index in [4.69, 9.17) is 9.47 Å². The molecular weight excluding hydrogens is 350 g/mol. The van der Waals surface area contributed by atoms with Gasteiger partial charge in [0.05, 0.1) is 27.3 Å². The summed E-state index contributed by atoms with van der Waals surface area (Å²) in [5.41, 5.74) is 1.06. The fourth-order valence-electron chi connectivity index (χ4n) is 2.49. The lowest BCUT2D eigenvalue weighted by atomic mass is 10.2. The monoisotopic (exact) mass is 369 g/mol. The lowest BCUT2D eigenvalue weighted by Crippen LogP contribution is -2.36. The summed E-state index contributed by atoms with van der Waals surface area (Å²) in [4.78, 5) is 24.2. The van der Waals surface area contributed by atoms with E-state index in [0.717, 1.165) is 0 Å². The molecule has 140 valence electrons. The third-order valence-corrected chi connectivity index (χ3v) is 3.88. The van der Waals surface area contributed by atoms with E-state index in [-0.39, 0.29) is 24.9 Å². The van der Waals surface area contributed by atoms with Gasteiger partial charge in [0.2, 0.25) is 5.91 Å². The second kappa shape index (κ2) is 8.17. The Hall–Kier alpha value is -3.62. The maximum atomic E-state index is 12.2. The van der Waals surface area contributed by atoms with Crippen LogP contribution in [0.25, 0.3) is 5.65 Å². The Morgan fingerprint density at radius 3 is 2.63 bits per heavy atom. The molecule has 2 aromatic heterocycles. The number of nitrogens with zero attached hydrogens (tertiary/aromatic N) is 3. The number of pyridine rings is 1. The third kappa shape index (κ3) is 4.14. The van der Waals surface area contributed by atoms with Crippen LogP contribution in [0.3, 0.4) is 0 Å². The summed E-state index contributed by atoms with van der Waals surface area (Å²) in [5.74, 6) is 0.835. The standard InChI is InChI=1S/C18H19N5O4/c1-26-13-7-6-12(9-14(13)27-2)18(25)20-11-17(24)19-10-16-22-21-15-5-3-4-8-23(15)16/h3-9H,10-11H2,1-2H3,(H,19,24)(H,20,25). The number of hydrogen-bond donors (Lipinski definition) is 2. The van der Waals surface area contributed by atoms with E-state index < -0.39 is 0 Å². The minimum Gasteiger partial charge on any atom is -0.493 e. The van der Waals surface area contributed by atoms with Crippen LogP contribution in [0.5, 0.6) is 11.5 Å². The van der Waals surface area contributed by atoms with Crippen LogP contribution in [0.15, 0.2) is 42.6 Å². The Balaban J connectivity index is 1.53. The average Bonchev–Trinajstić information content (AvgIpc) is 3.13. The highest BCUT2D eigenvalue weighted by molar-refractivity contribution is 5.97. The molecule has 0 fully saturated rings. The van der Waals surface area contributed by atoms with Gasteiger partial charge in [0.15, 0.2) is 23.0 Å². The van der Waals surface area contributed by atoms with Crippen LogP contribution in [-0.2, 0) is 11.3 Å². The molecule has 0 spiro atoms. The molecule has 0 saturated heterocycles. The van der Waals surface area contributed by atoms with E-state index in [9.17, 15) is 9.59 Å². The number of aromatic nitrogens is 3. The van der Waals surface area contributed by atoms with Crippen molar-refractivity contribution in [3.05, 3.63) is 54.0 Å². The van der Waals surface area contributed by atoms with Gasteiger partial charge in [0.25, 0.3) is 5.91 Å². The number of amides is 2. The highest BCUT2D eigenvalue weighted by Gasteiger charge is 2.12. The fraction of sp³-hybridized carbons (Fsp3) is 0.222. The van der Waals surface area contributed by atoms with Gasteiger partial charge < -0.3 is 20.1 Å². The number of carbonyl (C=O) groups excluding carboxylic acids is 2. The third-order valence-electron chi connectivity index (χ3n) is 3.88. The summed E-state index contributed by atoms with van der Waals surface area (Å²) in [7, 11) is 3.00. The normalized spacial score (nSPS) is 10.4. The molecule has 27 heavy (non-hydrogen) atoms. The number of nitrogens with one attached hydrogen (secondary N) is 2. The zero-order chi connectivity index (χ0) is 19.2. The Bertz CT molecular complexity index is 969. The van der Waals surface area contributed by atoms with E-state index in [1.54, 1.807) is 22.6 Å². The molecule has 0 radical (unpaired) electrons. The number of rotatable bonds is 7. The second-order valence-corrected chi connectivity index (χ2v) is 5.57. The van der Waals surface area contributed by atoms with Crippen molar-refractivity contribution < 1.29 is 19.1 Å². The molecule has 9 nitrogen and oxygen atoms in total. The van der Waals surface area contributed by atoms with Gasteiger partial charge in [-0.05, 0) is 30.3 Å². The van der Waals surface area contributed by atoms with Crippen molar-refractivity contribution in [2.24, 2.45) is 0 Å². The first-order chi connectivity index (χ1) is 13.1. The maximum absolute atomic E-state index is 12.2. The molecule has 1 aromatic carbocycles. The highest BCUT2D eigenvalue weighted by Crippen LogP contribution is 2.27. The van der Waals surface area contributed by atoms with Gasteiger partial charge >= 0.3 is 0 Å². The summed E-state index contributed by atoms with van der Waals surface area (Å²) < 4.78 is 12.1. The van der Waals surface area contributed by atoms with E-state index in [0.29, 0.717) is 28.5 Å². The van der Waals surface area contributed by atoms with Gasteiger partial charge in [-0.3, -0.25) is 14.0 Å². The quantitative estimate of drug-likeness (QED) is 0.638. The van der Waals surface area contributed by atoms with E-state index in [1.165, 1.54) is 14.2 Å². The number of carbonyl (C=O) groups is 2. The second-order valence-electron chi connectivity index (χ2n) is 5.57. The van der Waals surface area contributed by atoms with Crippen LogP contribution < -0.4 is 20.1 Å². The minimum absolute atomic E-state index is 0.163. The van der Waals surface area contributed by atoms with Gasteiger partial charge in [0.1, 0.15) is 0 Å². The lowest BCUT2D eigenvalue weighted by molar-refractivity contribution is -0.120. The molecular formula is C18H19N5O4. The van der Waals surface area contributed by atoms with E-state index in [1.807, 2.05) is 24.4 Å². The van der Waals surface area contributed by atoms with Gasteiger partial charge in [-0.1, -0.05) is 6.07 Å². The van der Waals surface area contributed by atoms with Crippen LogP contribution in [-0.4, -0.2) is 47.2 Å². The smallest absolute Gasteiger partial charge is 0.251 e. The molecule has 0 aliphatic rings. The highest BCUT2D eigenvalue weighted by atomic mass is 16.5. The van der Waals surface area contributed by atoms with Crippen molar-refractivity contribution >= 4 is 17.5 Å². The minimum atomic E-state index is -0.390. The van der Waals surface area contributed by atoms with Crippen LogP contribution in [0.1, 0.15) is 16.2 Å². The predicted molar refractivity (Wildman–Crippen MR) is 96.7 cm³/mol. The van der Waals surface area contributed by atoms with Crippen molar-refractivity contribution in [3.63, 3.8) is 0 Å². The van der Waals surface area contributed by atoms with Gasteiger partial charge in [-0.25, -0.2) is 0 Å². The molecule has 3 rings (SSSR count). The van der Waals surface area contributed by atoms with Crippen molar-refractivity contribution in [2.45, 2.75) is 6.54 Å². The number of ether oxygens (including phenoxy) is 2. The first kappa shape index (κ1) is 18.2. The average molecular weight is 369 g/mol. The number of methoxy groups -OCH3 is 2. The molecule has 0 atom stereocenters. The number of hydrogen-bond acceptors (Lipinski definition) is 6. The number of benzene rings is 1. The first-order valence-corrected chi connectivity index (χ1v) is 8.18. The molecule has 0 bridgehead atoms. The summed E-state index contributed by atoms with van der Waals surface area (Å²) in [5, 5.41) is 13.3. The van der Waals surface area contributed by atoms with Crippen molar-refractivity contribution in [2.75, 3.05) is 20.8 Å². The molecule has 0 saturated carbocycles. The van der Waals surface area contributed by atoms with Crippen LogP contribution >= 0.6 is 0 Å².